The number of halogens is 1. The zero-order valence-electron chi connectivity index (χ0n) is 14.2. The Labute approximate surface area is 161 Å². The molecule has 0 bridgehead atoms. The summed E-state index contributed by atoms with van der Waals surface area (Å²) in [6.07, 6.45) is 0.916. The maximum absolute atomic E-state index is 12.5. The number of hydrogen-bond acceptors (Lipinski definition) is 4. The van der Waals surface area contributed by atoms with E-state index in [4.69, 9.17) is 16.6 Å². The molecule has 134 valence electrons. The van der Waals surface area contributed by atoms with Gasteiger partial charge in [-0.3, -0.25) is 0 Å². The summed E-state index contributed by atoms with van der Waals surface area (Å²) >= 11 is 7.73. The zero-order valence-corrected chi connectivity index (χ0v) is 15.8. The predicted octanol–water partition coefficient (Wildman–Crippen LogP) is 4.69. The van der Waals surface area contributed by atoms with Gasteiger partial charge >= 0.3 is 6.03 Å². The molecule has 1 fully saturated rings. The Bertz CT molecular complexity index is 914. The smallest absolute Gasteiger partial charge is 0.321 e. The summed E-state index contributed by atoms with van der Waals surface area (Å²) in [6.45, 7) is 3.08. The van der Waals surface area contributed by atoms with Gasteiger partial charge < -0.3 is 15.1 Å². The molecule has 0 atom stereocenters. The van der Waals surface area contributed by atoms with Crippen molar-refractivity contribution in [3.8, 4) is 0 Å². The molecule has 1 N–H and O–H groups in total. The summed E-state index contributed by atoms with van der Waals surface area (Å²) < 4.78 is 1.09. The molecule has 1 aliphatic rings. The van der Waals surface area contributed by atoms with Crippen molar-refractivity contribution in [3.63, 3.8) is 0 Å². The van der Waals surface area contributed by atoms with Crippen molar-refractivity contribution in [2.75, 3.05) is 36.4 Å². The highest BCUT2D eigenvalue weighted by Gasteiger charge is 2.21. The molecule has 0 spiro atoms. The van der Waals surface area contributed by atoms with Gasteiger partial charge in [0.1, 0.15) is 0 Å². The second-order valence-corrected chi connectivity index (χ2v) is 7.68. The van der Waals surface area contributed by atoms with Crippen LogP contribution in [-0.2, 0) is 0 Å². The number of thiazole rings is 1. The molecule has 1 aliphatic heterocycles. The van der Waals surface area contributed by atoms with Crippen molar-refractivity contribution < 1.29 is 4.79 Å². The molecule has 0 saturated carbocycles. The number of benzene rings is 2. The molecule has 0 unspecified atom stereocenters. The maximum Gasteiger partial charge on any atom is 0.321 e. The Morgan fingerprint density at radius 2 is 1.92 bits per heavy atom. The number of carbonyl (C=O) groups is 1. The van der Waals surface area contributed by atoms with E-state index in [1.165, 1.54) is 0 Å². The molecule has 26 heavy (non-hydrogen) atoms. The van der Waals surface area contributed by atoms with Crippen LogP contribution in [0, 0.1) is 0 Å². The SMILES string of the molecule is O=C(Nc1ccccc1)N1CCCN(c2nc3ccc(Cl)cc3s2)CC1. The van der Waals surface area contributed by atoms with Gasteiger partial charge in [-0.05, 0) is 36.8 Å². The fraction of sp³-hybridized carbons (Fsp3) is 0.263. The van der Waals surface area contributed by atoms with Crippen molar-refractivity contribution in [2.24, 2.45) is 0 Å². The number of nitrogens with zero attached hydrogens (tertiary/aromatic N) is 3. The average Bonchev–Trinajstić information content (AvgIpc) is 2.90. The molecule has 7 heteroatoms. The summed E-state index contributed by atoms with van der Waals surface area (Å²) in [5.74, 6) is 0. The van der Waals surface area contributed by atoms with E-state index in [9.17, 15) is 4.79 Å². The Kier molecular flexibility index (Phi) is 4.95. The van der Waals surface area contributed by atoms with Crippen LogP contribution in [0.2, 0.25) is 5.02 Å². The zero-order chi connectivity index (χ0) is 17.9. The minimum Gasteiger partial charge on any atom is -0.346 e. The van der Waals surface area contributed by atoms with Gasteiger partial charge in [0.2, 0.25) is 0 Å². The molecule has 2 heterocycles. The van der Waals surface area contributed by atoms with Crippen LogP contribution in [-0.4, -0.2) is 42.1 Å². The number of urea groups is 1. The number of fused-ring (bicyclic) bond motifs is 1. The molecule has 3 aromatic rings. The first kappa shape index (κ1) is 17.1. The third-order valence-electron chi connectivity index (χ3n) is 4.42. The van der Waals surface area contributed by atoms with Crippen molar-refractivity contribution in [2.45, 2.75) is 6.42 Å². The summed E-state index contributed by atoms with van der Waals surface area (Å²) in [7, 11) is 0. The lowest BCUT2D eigenvalue weighted by molar-refractivity contribution is 0.215. The van der Waals surface area contributed by atoms with E-state index in [1.54, 1.807) is 11.3 Å². The van der Waals surface area contributed by atoms with Crippen molar-refractivity contribution >= 4 is 50.0 Å². The molecular weight excluding hydrogens is 368 g/mol. The van der Waals surface area contributed by atoms with Crippen molar-refractivity contribution in [1.29, 1.82) is 0 Å². The van der Waals surface area contributed by atoms with Gasteiger partial charge in [0, 0.05) is 36.9 Å². The van der Waals surface area contributed by atoms with Crippen LogP contribution in [0.4, 0.5) is 15.6 Å². The van der Waals surface area contributed by atoms with E-state index >= 15 is 0 Å². The van der Waals surface area contributed by atoms with Gasteiger partial charge in [-0.25, -0.2) is 9.78 Å². The molecular formula is C19H19ClN4OS. The lowest BCUT2D eigenvalue weighted by Crippen LogP contribution is -2.38. The Morgan fingerprint density at radius 3 is 2.77 bits per heavy atom. The Hall–Kier alpha value is -2.31. The molecule has 1 aromatic heterocycles. The first-order chi connectivity index (χ1) is 12.7. The van der Waals surface area contributed by atoms with Crippen LogP contribution in [0.1, 0.15) is 6.42 Å². The quantitative estimate of drug-likeness (QED) is 0.694. The number of anilines is 2. The number of rotatable bonds is 2. The lowest BCUT2D eigenvalue weighted by Gasteiger charge is -2.22. The molecule has 0 aliphatic carbocycles. The highest BCUT2D eigenvalue weighted by atomic mass is 35.5. The topological polar surface area (TPSA) is 48.5 Å². The van der Waals surface area contributed by atoms with E-state index in [2.05, 4.69) is 10.2 Å². The van der Waals surface area contributed by atoms with Gasteiger partial charge in [0.05, 0.1) is 10.2 Å². The number of nitrogens with one attached hydrogen (secondary N) is 1. The van der Waals surface area contributed by atoms with Crippen molar-refractivity contribution in [3.05, 3.63) is 53.6 Å². The number of hydrogen-bond donors (Lipinski definition) is 1. The molecule has 0 radical (unpaired) electrons. The average molecular weight is 387 g/mol. The van der Waals surface area contributed by atoms with E-state index in [0.717, 1.165) is 52.1 Å². The van der Waals surface area contributed by atoms with Gasteiger partial charge in [0.25, 0.3) is 0 Å². The van der Waals surface area contributed by atoms with E-state index in [0.29, 0.717) is 6.54 Å². The van der Waals surface area contributed by atoms with Gasteiger partial charge in [-0.15, -0.1) is 0 Å². The first-order valence-corrected chi connectivity index (χ1v) is 9.80. The number of para-hydroxylation sites is 1. The minimum absolute atomic E-state index is 0.0471. The minimum atomic E-state index is -0.0471. The molecule has 1 saturated heterocycles. The molecule has 4 rings (SSSR count). The normalized spacial score (nSPS) is 15.1. The van der Waals surface area contributed by atoms with Crippen LogP contribution in [0.25, 0.3) is 10.2 Å². The van der Waals surface area contributed by atoms with Crippen LogP contribution in [0.3, 0.4) is 0 Å². The van der Waals surface area contributed by atoms with E-state index in [-0.39, 0.29) is 6.03 Å². The standard InChI is InChI=1S/C19H19ClN4OS/c20-14-7-8-16-17(13-14)26-19(22-16)24-10-4-9-23(11-12-24)18(25)21-15-5-2-1-3-6-15/h1-3,5-8,13H,4,9-12H2,(H,21,25). The number of amides is 2. The second-order valence-electron chi connectivity index (χ2n) is 6.23. The first-order valence-electron chi connectivity index (χ1n) is 8.61. The fourth-order valence-electron chi connectivity index (χ4n) is 3.06. The third kappa shape index (κ3) is 3.76. The summed E-state index contributed by atoms with van der Waals surface area (Å²) in [5, 5.41) is 4.68. The predicted molar refractivity (Wildman–Crippen MR) is 108 cm³/mol. The monoisotopic (exact) mass is 386 g/mol. The van der Waals surface area contributed by atoms with Gasteiger partial charge in [0.15, 0.2) is 5.13 Å². The van der Waals surface area contributed by atoms with E-state index < -0.39 is 0 Å². The van der Waals surface area contributed by atoms with E-state index in [1.807, 2.05) is 53.4 Å². The number of aromatic nitrogens is 1. The van der Waals surface area contributed by atoms with Crippen molar-refractivity contribution in [1.82, 2.24) is 9.88 Å². The Morgan fingerprint density at radius 1 is 1.08 bits per heavy atom. The molecule has 5 nitrogen and oxygen atoms in total. The van der Waals surface area contributed by atoms with Crippen LogP contribution < -0.4 is 10.2 Å². The summed E-state index contributed by atoms with van der Waals surface area (Å²) in [4.78, 5) is 21.4. The highest BCUT2D eigenvalue weighted by molar-refractivity contribution is 7.22. The molecule has 2 amide bonds. The Balaban J connectivity index is 1.43. The summed E-state index contributed by atoms with van der Waals surface area (Å²) in [5.41, 5.74) is 1.79. The van der Waals surface area contributed by atoms with Crippen LogP contribution >= 0.6 is 22.9 Å². The third-order valence-corrected chi connectivity index (χ3v) is 5.73. The highest BCUT2D eigenvalue weighted by Crippen LogP contribution is 2.31. The van der Waals surface area contributed by atoms with Gasteiger partial charge in [-0.2, -0.15) is 0 Å². The lowest BCUT2D eigenvalue weighted by atomic mass is 10.3. The second kappa shape index (κ2) is 7.51. The summed E-state index contributed by atoms with van der Waals surface area (Å²) in [6, 6.07) is 15.3. The fourth-order valence-corrected chi connectivity index (χ4v) is 4.35. The van der Waals surface area contributed by atoms with Crippen LogP contribution in [0.5, 0.6) is 0 Å². The number of carbonyl (C=O) groups excluding carboxylic acids is 1. The van der Waals surface area contributed by atoms with Gasteiger partial charge in [-0.1, -0.05) is 41.1 Å². The van der Waals surface area contributed by atoms with Crippen LogP contribution in [0.15, 0.2) is 48.5 Å². The maximum atomic E-state index is 12.5. The largest absolute Gasteiger partial charge is 0.346 e. The molecule has 2 aromatic carbocycles.